The fourth-order valence-electron chi connectivity index (χ4n) is 4.10. The highest BCUT2D eigenvalue weighted by Crippen LogP contribution is 2.41. The van der Waals surface area contributed by atoms with Crippen LogP contribution < -0.4 is 9.47 Å². The normalized spacial score (nSPS) is 16.3. The van der Waals surface area contributed by atoms with Crippen molar-refractivity contribution in [2.24, 2.45) is 0 Å². The minimum atomic E-state index is -0.217. The maximum absolute atomic E-state index is 13.7. The van der Waals surface area contributed by atoms with Crippen LogP contribution in [0.1, 0.15) is 28.3 Å². The Morgan fingerprint density at radius 2 is 1.76 bits per heavy atom. The third kappa shape index (κ3) is 4.09. The third-order valence-electron chi connectivity index (χ3n) is 5.41. The zero-order chi connectivity index (χ0) is 20.4. The summed E-state index contributed by atoms with van der Waals surface area (Å²) in [4.78, 5) is 2.36. The van der Waals surface area contributed by atoms with Gasteiger partial charge in [0.05, 0.1) is 20.3 Å². The number of rotatable bonds is 5. The first-order chi connectivity index (χ1) is 14.1. The Morgan fingerprint density at radius 1 is 1.00 bits per heavy atom. The van der Waals surface area contributed by atoms with E-state index in [1.807, 2.05) is 24.3 Å². The summed E-state index contributed by atoms with van der Waals surface area (Å²) in [6.07, 6.45) is 0.877. The van der Waals surface area contributed by atoms with Gasteiger partial charge in [0.15, 0.2) is 11.5 Å². The van der Waals surface area contributed by atoms with E-state index in [1.54, 1.807) is 26.4 Å². The van der Waals surface area contributed by atoms with Crippen LogP contribution in [0.4, 0.5) is 4.39 Å². The van der Waals surface area contributed by atoms with Crippen molar-refractivity contribution in [1.29, 1.82) is 0 Å². The molecule has 1 aliphatic rings. The molecule has 4 rings (SSSR count). The summed E-state index contributed by atoms with van der Waals surface area (Å²) >= 11 is 6.31. The Balaban J connectivity index is 1.80. The van der Waals surface area contributed by atoms with E-state index < -0.39 is 0 Å². The molecule has 0 fully saturated rings. The summed E-state index contributed by atoms with van der Waals surface area (Å²) in [5, 5.41) is 0.695. The average Bonchev–Trinajstić information content (AvgIpc) is 2.72. The van der Waals surface area contributed by atoms with Crippen LogP contribution in [0.25, 0.3) is 0 Å². The number of hydrogen-bond acceptors (Lipinski definition) is 3. The van der Waals surface area contributed by atoms with Gasteiger partial charge in [0.25, 0.3) is 0 Å². The highest BCUT2D eigenvalue weighted by atomic mass is 35.5. The summed E-state index contributed by atoms with van der Waals surface area (Å²) < 4.78 is 24.8. The van der Waals surface area contributed by atoms with Crippen LogP contribution in [-0.4, -0.2) is 25.7 Å². The highest BCUT2D eigenvalue weighted by molar-refractivity contribution is 6.30. The third-order valence-corrected chi connectivity index (χ3v) is 5.65. The minimum absolute atomic E-state index is 0.0134. The zero-order valence-electron chi connectivity index (χ0n) is 16.5. The molecule has 3 nitrogen and oxygen atoms in total. The Hall–Kier alpha value is -2.56. The molecule has 1 atom stereocenters. The van der Waals surface area contributed by atoms with Crippen LogP contribution in [0.3, 0.4) is 0 Å². The molecule has 150 valence electrons. The smallest absolute Gasteiger partial charge is 0.161 e. The van der Waals surface area contributed by atoms with Crippen LogP contribution in [0, 0.1) is 5.82 Å². The van der Waals surface area contributed by atoms with Gasteiger partial charge in [-0.2, -0.15) is 0 Å². The second-order valence-electron chi connectivity index (χ2n) is 7.21. The van der Waals surface area contributed by atoms with Crippen molar-refractivity contribution in [1.82, 2.24) is 4.90 Å². The van der Waals surface area contributed by atoms with Crippen LogP contribution >= 0.6 is 11.6 Å². The quantitative estimate of drug-likeness (QED) is 0.542. The van der Waals surface area contributed by atoms with Crippen molar-refractivity contribution < 1.29 is 13.9 Å². The Morgan fingerprint density at radius 3 is 2.48 bits per heavy atom. The highest BCUT2D eigenvalue weighted by Gasteiger charge is 2.30. The Kier molecular flexibility index (Phi) is 5.74. The van der Waals surface area contributed by atoms with E-state index >= 15 is 0 Å². The van der Waals surface area contributed by atoms with Crippen molar-refractivity contribution in [3.8, 4) is 11.5 Å². The molecule has 0 amide bonds. The first kappa shape index (κ1) is 19.7. The minimum Gasteiger partial charge on any atom is -0.493 e. The maximum Gasteiger partial charge on any atom is 0.161 e. The summed E-state index contributed by atoms with van der Waals surface area (Å²) in [6.45, 7) is 1.49. The van der Waals surface area contributed by atoms with Crippen LogP contribution in [0.15, 0.2) is 60.7 Å². The molecule has 0 spiro atoms. The SMILES string of the molecule is COc1cc2c(cc1OC)[C@H](c1cccc(Cl)c1)N(Cc1cccc(F)c1)CC2. The predicted molar refractivity (Wildman–Crippen MR) is 113 cm³/mol. The van der Waals surface area contributed by atoms with Gasteiger partial charge in [-0.15, -0.1) is 0 Å². The van der Waals surface area contributed by atoms with E-state index in [4.69, 9.17) is 21.1 Å². The molecule has 3 aromatic carbocycles. The molecule has 0 unspecified atom stereocenters. The molecule has 0 bridgehead atoms. The monoisotopic (exact) mass is 411 g/mol. The topological polar surface area (TPSA) is 21.7 Å². The van der Waals surface area contributed by atoms with Crippen molar-refractivity contribution in [2.75, 3.05) is 20.8 Å². The number of methoxy groups -OCH3 is 2. The molecule has 0 saturated carbocycles. The summed E-state index contributed by atoms with van der Waals surface area (Å²) in [5.74, 6) is 1.21. The molecular formula is C24H23ClFNO2. The van der Waals surface area contributed by atoms with Gasteiger partial charge >= 0.3 is 0 Å². The first-order valence-electron chi connectivity index (χ1n) is 9.58. The van der Waals surface area contributed by atoms with Gasteiger partial charge in [0.2, 0.25) is 0 Å². The molecule has 0 aromatic heterocycles. The molecule has 0 N–H and O–H groups in total. The van der Waals surface area contributed by atoms with Crippen LogP contribution in [0.5, 0.6) is 11.5 Å². The number of nitrogens with zero attached hydrogens (tertiary/aromatic N) is 1. The van der Waals surface area contributed by atoms with Crippen LogP contribution in [0.2, 0.25) is 5.02 Å². The molecule has 29 heavy (non-hydrogen) atoms. The molecule has 5 heteroatoms. The standard InChI is InChI=1S/C24H23ClFNO2/c1-28-22-13-17-9-10-27(15-16-5-3-8-20(26)11-16)24(21(17)14-23(22)29-2)18-6-4-7-19(25)12-18/h3-8,11-14,24H,9-10,15H2,1-2H3/t24-/m0/s1. The average molecular weight is 412 g/mol. The second kappa shape index (κ2) is 8.44. The molecular weight excluding hydrogens is 389 g/mol. The van der Waals surface area contributed by atoms with Crippen molar-refractivity contribution in [3.05, 3.63) is 93.8 Å². The van der Waals surface area contributed by atoms with E-state index in [0.29, 0.717) is 17.3 Å². The largest absolute Gasteiger partial charge is 0.493 e. The van der Waals surface area contributed by atoms with Crippen molar-refractivity contribution in [3.63, 3.8) is 0 Å². The van der Waals surface area contributed by atoms with Gasteiger partial charge in [-0.05, 0) is 65.1 Å². The van der Waals surface area contributed by atoms with Gasteiger partial charge in [0, 0.05) is 18.1 Å². The number of fused-ring (bicyclic) bond motifs is 1. The molecule has 1 heterocycles. The molecule has 0 aliphatic carbocycles. The van der Waals surface area contributed by atoms with E-state index in [0.717, 1.165) is 35.4 Å². The Labute approximate surface area is 175 Å². The zero-order valence-corrected chi connectivity index (χ0v) is 17.2. The maximum atomic E-state index is 13.7. The lowest BCUT2D eigenvalue weighted by Crippen LogP contribution is -2.35. The van der Waals surface area contributed by atoms with Crippen molar-refractivity contribution in [2.45, 2.75) is 19.0 Å². The van der Waals surface area contributed by atoms with E-state index in [9.17, 15) is 4.39 Å². The molecule has 0 radical (unpaired) electrons. The van der Waals surface area contributed by atoms with E-state index in [2.05, 4.69) is 23.1 Å². The number of ether oxygens (including phenoxy) is 2. The summed E-state index contributed by atoms with van der Waals surface area (Å²) in [6, 6.07) is 18.8. The van der Waals surface area contributed by atoms with E-state index in [-0.39, 0.29) is 11.9 Å². The van der Waals surface area contributed by atoms with E-state index in [1.165, 1.54) is 11.6 Å². The van der Waals surface area contributed by atoms with Gasteiger partial charge in [-0.1, -0.05) is 35.9 Å². The number of halogens is 2. The predicted octanol–water partition coefficient (Wildman–Crippen LogP) is 5.64. The Bertz CT molecular complexity index is 1020. The van der Waals surface area contributed by atoms with Gasteiger partial charge in [0.1, 0.15) is 5.82 Å². The number of hydrogen-bond donors (Lipinski definition) is 0. The van der Waals surface area contributed by atoms with Gasteiger partial charge < -0.3 is 9.47 Å². The van der Waals surface area contributed by atoms with Crippen molar-refractivity contribution >= 4 is 11.6 Å². The second-order valence-corrected chi connectivity index (χ2v) is 7.65. The molecule has 0 saturated heterocycles. The van der Waals surface area contributed by atoms with Crippen LogP contribution in [-0.2, 0) is 13.0 Å². The first-order valence-corrected chi connectivity index (χ1v) is 9.95. The fraction of sp³-hybridized carbons (Fsp3) is 0.250. The fourth-order valence-corrected chi connectivity index (χ4v) is 4.30. The lowest BCUT2D eigenvalue weighted by Gasteiger charge is -2.38. The molecule has 1 aliphatic heterocycles. The molecule has 3 aromatic rings. The summed E-state index contributed by atoms with van der Waals surface area (Å²) in [7, 11) is 3.30. The van der Waals surface area contributed by atoms with Gasteiger partial charge in [-0.3, -0.25) is 4.90 Å². The van der Waals surface area contributed by atoms with Gasteiger partial charge in [-0.25, -0.2) is 4.39 Å². The lowest BCUT2D eigenvalue weighted by molar-refractivity contribution is 0.203. The lowest BCUT2D eigenvalue weighted by atomic mass is 9.87. The number of benzene rings is 3. The summed E-state index contributed by atoms with van der Waals surface area (Å²) in [5.41, 5.74) is 4.43.